The fourth-order valence-electron chi connectivity index (χ4n) is 3.02. The third-order valence-electron chi connectivity index (χ3n) is 4.56. The number of nitrogens with zero attached hydrogens (tertiary/aromatic N) is 2. The van der Waals surface area contributed by atoms with E-state index in [0.717, 1.165) is 12.1 Å². The van der Waals surface area contributed by atoms with E-state index >= 15 is 0 Å². The number of halogens is 3. The van der Waals surface area contributed by atoms with Crippen LogP contribution in [0, 0.1) is 13.8 Å². The van der Waals surface area contributed by atoms with Crippen molar-refractivity contribution in [3.05, 3.63) is 76.5 Å². The Bertz CT molecular complexity index is 1040. The van der Waals surface area contributed by atoms with Gasteiger partial charge in [-0.3, -0.25) is 9.48 Å². The van der Waals surface area contributed by atoms with E-state index in [1.165, 1.54) is 13.2 Å². The smallest absolute Gasteiger partial charge is 0.416 e. The number of aryl methyl sites for hydroxylation is 1. The monoisotopic (exact) mass is 403 g/mol. The van der Waals surface area contributed by atoms with Gasteiger partial charge in [-0.2, -0.15) is 18.3 Å². The number of hydrogen-bond acceptors (Lipinski definition) is 3. The van der Waals surface area contributed by atoms with Crippen molar-refractivity contribution in [2.24, 2.45) is 0 Å². The number of carbonyl (C=O) groups is 1. The second kappa shape index (κ2) is 7.98. The van der Waals surface area contributed by atoms with Crippen LogP contribution in [0.25, 0.3) is 0 Å². The van der Waals surface area contributed by atoms with Crippen molar-refractivity contribution in [1.29, 1.82) is 0 Å². The summed E-state index contributed by atoms with van der Waals surface area (Å²) in [5.74, 6) is 0.579. The van der Waals surface area contributed by atoms with Gasteiger partial charge in [-0.15, -0.1) is 0 Å². The molecule has 0 atom stereocenters. The molecular formula is C21H20F3N3O2. The topological polar surface area (TPSA) is 56.1 Å². The molecule has 1 N–H and O–H groups in total. The van der Waals surface area contributed by atoms with Crippen molar-refractivity contribution in [2.45, 2.75) is 26.6 Å². The Hall–Kier alpha value is -3.29. The Morgan fingerprint density at radius 1 is 1.14 bits per heavy atom. The Morgan fingerprint density at radius 2 is 1.86 bits per heavy atom. The number of aromatic nitrogens is 2. The quantitative estimate of drug-likeness (QED) is 0.664. The average Bonchev–Trinajstić information content (AvgIpc) is 3.00. The number of amides is 1. The maximum atomic E-state index is 12.9. The summed E-state index contributed by atoms with van der Waals surface area (Å²) in [6.07, 6.45) is -4.40. The largest absolute Gasteiger partial charge is 0.496 e. The van der Waals surface area contributed by atoms with Gasteiger partial charge in [0.2, 0.25) is 0 Å². The van der Waals surface area contributed by atoms with Gasteiger partial charge in [-0.1, -0.05) is 18.2 Å². The number of hydrogen-bond donors (Lipinski definition) is 1. The first kappa shape index (κ1) is 20.4. The van der Waals surface area contributed by atoms with Gasteiger partial charge >= 0.3 is 6.18 Å². The number of alkyl halides is 3. The number of carbonyl (C=O) groups excluding carboxylic acids is 1. The van der Waals surface area contributed by atoms with Gasteiger partial charge in [0.1, 0.15) is 5.75 Å². The van der Waals surface area contributed by atoms with Crippen molar-refractivity contribution in [1.82, 2.24) is 9.78 Å². The molecule has 0 radical (unpaired) electrons. The lowest BCUT2D eigenvalue weighted by molar-refractivity contribution is -0.137. The van der Waals surface area contributed by atoms with Crippen LogP contribution in [0.1, 0.15) is 32.7 Å². The number of benzene rings is 2. The third kappa shape index (κ3) is 4.59. The molecule has 0 unspecified atom stereocenters. The predicted molar refractivity (Wildman–Crippen MR) is 103 cm³/mol. The van der Waals surface area contributed by atoms with Crippen LogP contribution in [0.5, 0.6) is 5.75 Å². The summed E-state index contributed by atoms with van der Waals surface area (Å²) in [6, 6.07) is 11.9. The fourth-order valence-corrected chi connectivity index (χ4v) is 3.02. The molecule has 29 heavy (non-hydrogen) atoms. The van der Waals surface area contributed by atoms with Crippen molar-refractivity contribution in [3.8, 4) is 5.75 Å². The van der Waals surface area contributed by atoms with E-state index in [1.54, 1.807) is 48.9 Å². The molecule has 5 nitrogen and oxygen atoms in total. The van der Waals surface area contributed by atoms with Crippen molar-refractivity contribution in [3.63, 3.8) is 0 Å². The maximum absolute atomic E-state index is 12.9. The summed E-state index contributed by atoms with van der Waals surface area (Å²) in [7, 11) is 1.53. The van der Waals surface area contributed by atoms with Gasteiger partial charge in [-0.25, -0.2) is 0 Å². The van der Waals surface area contributed by atoms with E-state index < -0.39 is 11.7 Å². The first-order valence-electron chi connectivity index (χ1n) is 8.84. The number of rotatable bonds is 5. The van der Waals surface area contributed by atoms with Crippen LogP contribution in [-0.4, -0.2) is 22.8 Å². The van der Waals surface area contributed by atoms with Crippen LogP contribution in [0.4, 0.5) is 19.0 Å². The van der Waals surface area contributed by atoms with E-state index in [1.807, 2.05) is 0 Å². The molecule has 1 amide bonds. The van der Waals surface area contributed by atoms with Gasteiger partial charge in [-0.05, 0) is 43.7 Å². The van der Waals surface area contributed by atoms with E-state index in [-0.39, 0.29) is 12.5 Å². The summed E-state index contributed by atoms with van der Waals surface area (Å²) < 4.78 is 45.5. The number of ether oxygens (including phenoxy) is 1. The molecule has 0 saturated heterocycles. The van der Waals surface area contributed by atoms with Gasteiger partial charge < -0.3 is 10.1 Å². The van der Waals surface area contributed by atoms with Crippen LogP contribution in [-0.2, 0) is 12.7 Å². The molecule has 2 aromatic carbocycles. The zero-order valence-corrected chi connectivity index (χ0v) is 16.2. The number of nitrogens with one attached hydrogen (secondary N) is 1. The summed E-state index contributed by atoms with van der Waals surface area (Å²) in [5.41, 5.74) is 1.62. The second-order valence-electron chi connectivity index (χ2n) is 6.61. The lowest BCUT2D eigenvalue weighted by atomic mass is 10.1. The standard InChI is InChI=1S/C21H20F3N3O2/c1-13-10-19(25-20(28)17-8-5-9-18(29-3)14(17)2)26-27(13)12-15-6-4-7-16(11-15)21(22,23)24/h4-11H,12H2,1-3H3,(H,25,26,28). The summed E-state index contributed by atoms with van der Waals surface area (Å²) >= 11 is 0. The molecule has 0 aliphatic heterocycles. The molecule has 152 valence electrons. The molecule has 0 aliphatic rings. The van der Waals surface area contributed by atoms with Crippen LogP contribution in [0.3, 0.4) is 0 Å². The minimum atomic E-state index is -4.40. The minimum Gasteiger partial charge on any atom is -0.496 e. The first-order valence-corrected chi connectivity index (χ1v) is 8.84. The van der Waals surface area contributed by atoms with Crippen molar-refractivity contribution < 1.29 is 22.7 Å². The Labute approximate surface area is 166 Å². The zero-order chi connectivity index (χ0) is 21.2. The van der Waals surface area contributed by atoms with E-state index in [0.29, 0.717) is 34.0 Å². The molecule has 3 rings (SSSR count). The van der Waals surface area contributed by atoms with Crippen LogP contribution in [0.15, 0.2) is 48.5 Å². The summed E-state index contributed by atoms with van der Waals surface area (Å²) in [4.78, 5) is 12.6. The maximum Gasteiger partial charge on any atom is 0.416 e. The molecule has 0 spiro atoms. The van der Waals surface area contributed by atoms with Crippen LogP contribution >= 0.6 is 0 Å². The molecular weight excluding hydrogens is 383 g/mol. The highest BCUT2D eigenvalue weighted by molar-refractivity contribution is 6.05. The molecule has 1 heterocycles. The van der Waals surface area contributed by atoms with Gasteiger partial charge in [0.15, 0.2) is 5.82 Å². The van der Waals surface area contributed by atoms with Gasteiger partial charge in [0, 0.05) is 22.9 Å². The van der Waals surface area contributed by atoms with Crippen LogP contribution < -0.4 is 10.1 Å². The normalized spacial score (nSPS) is 11.4. The fraction of sp³-hybridized carbons (Fsp3) is 0.238. The molecule has 0 aliphatic carbocycles. The van der Waals surface area contributed by atoms with E-state index in [2.05, 4.69) is 10.4 Å². The highest BCUT2D eigenvalue weighted by Crippen LogP contribution is 2.30. The Kier molecular flexibility index (Phi) is 5.63. The first-order chi connectivity index (χ1) is 13.7. The second-order valence-corrected chi connectivity index (χ2v) is 6.61. The van der Waals surface area contributed by atoms with Crippen molar-refractivity contribution in [2.75, 3.05) is 12.4 Å². The van der Waals surface area contributed by atoms with Crippen LogP contribution in [0.2, 0.25) is 0 Å². The van der Waals surface area contributed by atoms with E-state index in [9.17, 15) is 18.0 Å². The highest BCUT2D eigenvalue weighted by Gasteiger charge is 2.30. The lowest BCUT2D eigenvalue weighted by Gasteiger charge is -2.10. The molecule has 0 fully saturated rings. The molecule has 8 heteroatoms. The molecule has 0 saturated carbocycles. The van der Waals surface area contributed by atoms with Gasteiger partial charge in [0.25, 0.3) is 5.91 Å². The molecule has 0 bridgehead atoms. The number of methoxy groups -OCH3 is 1. The molecule has 1 aromatic heterocycles. The average molecular weight is 403 g/mol. The number of anilines is 1. The third-order valence-corrected chi connectivity index (χ3v) is 4.56. The minimum absolute atomic E-state index is 0.157. The zero-order valence-electron chi connectivity index (χ0n) is 16.2. The summed E-state index contributed by atoms with van der Waals surface area (Å²) in [6.45, 7) is 3.71. The lowest BCUT2D eigenvalue weighted by Crippen LogP contribution is -2.14. The highest BCUT2D eigenvalue weighted by atomic mass is 19.4. The van der Waals surface area contributed by atoms with Crippen molar-refractivity contribution >= 4 is 11.7 Å². The Balaban J connectivity index is 1.78. The Morgan fingerprint density at radius 3 is 2.55 bits per heavy atom. The summed E-state index contributed by atoms with van der Waals surface area (Å²) in [5, 5.41) is 7.03. The predicted octanol–water partition coefficient (Wildman–Crippen LogP) is 4.83. The van der Waals surface area contributed by atoms with E-state index in [4.69, 9.17) is 4.74 Å². The van der Waals surface area contributed by atoms with Gasteiger partial charge in [0.05, 0.1) is 19.2 Å². The molecule has 3 aromatic rings. The SMILES string of the molecule is COc1cccc(C(=O)Nc2cc(C)n(Cc3cccc(C(F)(F)F)c3)n2)c1C.